The van der Waals surface area contributed by atoms with E-state index < -0.39 is 74.5 Å². The predicted molar refractivity (Wildman–Crippen MR) is 77.3 cm³/mol. The molecule has 0 saturated carbocycles. The first-order valence-electron chi connectivity index (χ1n) is 7.62. The smallest absolute Gasteiger partial charge is 0.176 e. The average molecular weight is 354 g/mol. The summed E-state index contributed by atoms with van der Waals surface area (Å²) in [4.78, 5) is 0. The fourth-order valence-corrected chi connectivity index (χ4v) is 2.85. The number of nitrogens with two attached hydrogens (primary N) is 2. The van der Waals surface area contributed by atoms with E-state index >= 15 is 0 Å². The molecule has 24 heavy (non-hydrogen) atoms. The number of hydrogen-bond donors (Lipinski definition) is 7. The lowest BCUT2D eigenvalue weighted by molar-refractivity contribution is -0.326. The van der Waals surface area contributed by atoms with Gasteiger partial charge in [0, 0.05) is 7.11 Å². The number of methoxy groups -OCH3 is 1. The van der Waals surface area contributed by atoms with E-state index in [0.29, 0.717) is 0 Å². The van der Waals surface area contributed by atoms with Crippen LogP contribution < -0.4 is 11.5 Å². The Kier molecular flexibility index (Phi) is 6.87. The third kappa shape index (κ3) is 3.71. The van der Waals surface area contributed by atoms with Gasteiger partial charge in [-0.15, -0.1) is 0 Å². The molecule has 9 N–H and O–H groups in total. The van der Waals surface area contributed by atoms with E-state index in [4.69, 9.17) is 30.4 Å². The van der Waals surface area contributed by atoms with Crippen LogP contribution in [0.4, 0.5) is 0 Å². The summed E-state index contributed by atoms with van der Waals surface area (Å²) in [5.74, 6) is 0. The lowest BCUT2D eigenvalue weighted by atomic mass is 9.95. The Balaban J connectivity index is 2.12. The minimum Gasteiger partial charge on any atom is -0.394 e. The highest BCUT2D eigenvalue weighted by Crippen LogP contribution is 2.28. The van der Waals surface area contributed by atoms with Gasteiger partial charge in [0.05, 0.1) is 25.3 Å². The summed E-state index contributed by atoms with van der Waals surface area (Å²) < 4.78 is 21.3. The molecule has 0 bridgehead atoms. The standard InChI is InChI=1S/C13H26N2O9/c1-21-12-7(15)10(20)11(5(3-17)23-12)24-13-6(14)9(19)8(18)4(2-16)22-13/h4-13,16-20H,2-3,14-15H2,1H3/t4?,5?,6-,7+,8?,9-,10?,11-,12+,13?/m1/s1. The third-order valence-corrected chi connectivity index (χ3v) is 4.35. The molecule has 10 atom stereocenters. The molecule has 0 amide bonds. The first-order valence-corrected chi connectivity index (χ1v) is 7.62. The highest BCUT2D eigenvalue weighted by molar-refractivity contribution is 4.96. The van der Waals surface area contributed by atoms with Crippen molar-refractivity contribution >= 4 is 0 Å². The Morgan fingerprint density at radius 1 is 0.833 bits per heavy atom. The average Bonchev–Trinajstić information content (AvgIpc) is 2.59. The molecule has 0 aromatic carbocycles. The zero-order valence-corrected chi connectivity index (χ0v) is 13.2. The highest BCUT2D eigenvalue weighted by atomic mass is 16.7. The summed E-state index contributed by atoms with van der Waals surface area (Å²) in [5.41, 5.74) is 11.6. The van der Waals surface area contributed by atoms with Crippen LogP contribution >= 0.6 is 0 Å². The van der Waals surface area contributed by atoms with Crippen molar-refractivity contribution in [2.75, 3.05) is 20.3 Å². The number of rotatable bonds is 5. The maximum absolute atomic E-state index is 10.3. The molecule has 142 valence electrons. The molecule has 2 rings (SSSR count). The fraction of sp³-hybridized carbons (Fsp3) is 1.00. The van der Waals surface area contributed by atoms with Gasteiger partial charge in [0.2, 0.25) is 0 Å². The van der Waals surface area contributed by atoms with Crippen molar-refractivity contribution in [1.29, 1.82) is 0 Å². The molecule has 2 aliphatic rings. The summed E-state index contributed by atoms with van der Waals surface area (Å²) in [5, 5.41) is 48.7. The molecule has 0 aromatic rings. The van der Waals surface area contributed by atoms with Gasteiger partial charge in [-0.05, 0) is 0 Å². The Morgan fingerprint density at radius 2 is 1.38 bits per heavy atom. The molecule has 2 heterocycles. The van der Waals surface area contributed by atoms with Crippen LogP contribution in [0.1, 0.15) is 0 Å². The van der Waals surface area contributed by atoms with E-state index in [0.717, 1.165) is 0 Å². The number of ether oxygens (including phenoxy) is 4. The van der Waals surface area contributed by atoms with Crippen molar-refractivity contribution in [3.63, 3.8) is 0 Å². The maximum atomic E-state index is 10.3. The summed E-state index contributed by atoms with van der Waals surface area (Å²) in [6, 6.07) is -2.10. The molecule has 2 fully saturated rings. The van der Waals surface area contributed by atoms with E-state index in [9.17, 15) is 25.5 Å². The van der Waals surface area contributed by atoms with Gasteiger partial charge in [-0.3, -0.25) is 0 Å². The van der Waals surface area contributed by atoms with Crippen LogP contribution in [0.15, 0.2) is 0 Å². The van der Waals surface area contributed by atoms with E-state index in [1.807, 2.05) is 0 Å². The topological polar surface area (TPSA) is 190 Å². The first-order chi connectivity index (χ1) is 11.3. The van der Waals surface area contributed by atoms with Crippen molar-refractivity contribution in [3.05, 3.63) is 0 Å². The minimum absolute atomic E-state index is 0.495. The van der Waals surface area contributed by atoms with Gasteiger partial charge >= 0.3 is 0 Å². The molecule has 0 aromatic heterocycles. The molecular formula is C13H26N2O9. The van der Waals surface area contributed by atoms with Crippen LogP contribution in [0.5, 0.6) is 0 Å². The second-order valence-corrected chi connectivity index (χ2v) is 5.91. The van der Waals surface area contributed by atoms with Crippen molar-refractivity contribution < 1.29 is 44.5 Å². The van der Waals surface area contributed by atoms with Crippen molar-refractivity contribution in [3.8, 4) is 0 Å². The predicted octanol–water partition coefficient (Wildman–Crippen LogP) is -4.81. The quantitative estimate of drug-likeness (QED) is 0.251. The third-order valence-electron chi connectivity index (χ3n) is 4.35. The summed E-state index contributed by atoms with van der Waals surface area (Å²) >= 11 is 0. The van der Waals surface area contributed by atoms with E-state index in [2.05, 4.69) is 0 Å². The lowest BCUT2D eigenvalue weighted by Gasteiger charge is -2.46. The van der Waals surface area contributed by atoms with Crippen LogP contribution in [0, 0.1) is 0 Å². The van der Waals surface area contributed by atoms with Crippen molar-refractivity contribution in [2.45, 2.75) is 61.3 Å². The molecule has 2 aliphatic heterocycles. The Hall–Kier alpha value is -0.440. The van der Waals surface area contributed by atoms with Crippen molar-refractivity contribution in [1.82, 2.24) is 0 Å². The molecule has 5 unspecified atom stereocenters. The Bertz CT molecular complexity index is 400. The summed E-state index contributed by atoms with van der Waals surface area (Å²) in [6.45, 7) is -1.06. The zero-order valence-electron chi connectivity index (χ0n) is 13.2. The van der Waals surface area contributed by atoms with E-state index in [-0.39, 0.29) is 0 Å². The minimum atomic E-state index is -1.41. The fourth-order valence-electron chi connectivity index (χ4n) is 2.85. The van der Waals surface area contributed by atoms with Gasteiger partial charge in [0.25, 0.3) is 0 Å². The Morgan fingerprint density at radius 3 is 1.92 bits per heavy atom. The van der Waals surface area contributed by atoms with Crippen LogP contribution in [-0.4, -0.2) is 107 Å². The molecule has 11 nitrogen and oxygen atoms in total. The van der Waals surface area contributed by atoms with Gasteiger partial charge in [0.15, 0.2) is 12.6 Å². The summed E-state index contributed by atoms with van der Waals surface area (Å²) in [6.07, 6.45) is -9.46. The van der Waals surface area contributed by atoms with Crippen LogP contribution in [0.2, 0.25) is 0 Å². The molecule has 0 radical (unpaired) electrons. The van der Waals surface area contributed by atoms with Crippen molar-refractivity contribution in [2.24, 2.45) is 11.5 Å². The SMILES string of the molecule is CO[C@H]1OC(CO)[C@@H](OC2OC(CO)C(O)[C@H](O)[C@H]2N)C(O)[C@@H]1N. The zero-order chi connectivity index (χ0) is 18.0. The van der Waals surface area contributed by atoms with E-state index in [1.54, 1.807) is 0 Å². The van der Waals surface area contributed by atoms with Gasteiger partial charge in [-0.2, -0.15) is 0 Å². The number of hydrogen-bond acceptors (Lipinski definition) is 11. The van der Waals surface area contributed by atoms with E-state index in [1.165, 1.54) is 7.11 Å². The molecular weight excluding hydrogens is 328 g/mol. The van der Waals surface area contributed by atoms with Crippen LogP contribution in [-0.2, 0) is 18.9 Å². The molecule has 2 saturated heterocycles. The molecule has 11 heteroatoms. The largest absolute Gasteiger partial charge is 0.394 e. The molecule has 0 aliphatic carbocycles. The summed E-state index contributed by atoms with van der Waals surface area (Å²) in [7, 11) is 1.34. The van der Waals surface area contributed by atoms with Crippen LogP contribution in [0.3, 0.4) is 0 Å². The van der Waals surface area contributed by atoms with Gasteiger partial charge in [-0.25, -0.2) is 0 Å². The number of aliphatic hydroxyl groups is 5. The van der Waals surface area contributed by atoms with Gasteiger partial charge in [-0.1, -0.05) is 0 Å². The normalized spacial score (nSPS) is 50.0. The lowest BCUT2D eigenvalue weighted by Crippen LogP contribution is -2.67. The van der Waals surface area contributed by atoms with Gasteiger partial charge < -0.3 is 55.9 Å². The molecule has 0 spiro atoms. The van der Waals surface area contributed by atoms with Gasteiger partial charge in [0.1, 0.15) is 36.6 Å². The first kappa shape index (κ1) is 19.9. The highest BCUT2D eigenvalue weighted by Gasteiger charge is 2.49. The second kappa shape index (κ2) is 8.29. The Labute approximate surface area is 138 Å². The van der Waals surface area contributed by atoms with Crippen LogP contribution in [0.25, 0.3) is 0 Å². The number of aliphatic hydroxyl groups excluding tert-OH is 5. The second-order valence-electron chi connectivity index (χ2n) is 5.91. The maximum Gasteiger partial charge on any atom is 0.176 e. The monoisotopic (exact) mass is 354 g/mol.